The van der Waals surface area contributed by atoms with Crippen molar-refractivity contribution in [1.82, 2.24) is 0 Å². The van der Waals surface area contributed by atoms with Crippen molar-refractivity contribution in [2.24, 2.45) is 0 Å². The van der Waals surface area contributed by atoms with E-state index in [2.05, 4.69) is 5.32 Å². The molecule has 4 aromatic carbocycles. The van der Waals surface area contributed by atoms with E-state index in [1.807, 2.05) is 42.5 Å². The number of rotatable bonds is 7. The Labute approximate surface area is 188 Å². The SMILES string of the molecule is O=C(CSc1cccc(NC(=O)c2ccc3ccccc3c2)c1)c1cccc([N+](=O)[O-])c1. The van der Waals surface area contributed by atoms with Gasteiger partial charge in [0.25, 0.3) is 11.6 Å². The highest BCUT2D eigenvalue weighted by Crippen LogP contribution is 2.24. The van der Waals surface area contributed by atoms with Crippen LogP contribution in [0.4, 0.5) is 11.4 Å². The van der Waals surface area contributed by atoms with Crippen LogP contribution in [0.2, 0.25) is 0 Å². The third-order valence-electron chi connectivity index (χ3n) is 4.85. The molecule has 6 nitrogen and oxygen atoms in total. The number of carbonyl (C=O) groups is 2. The van der Waals surface area contributed by atoms with Crippen LogP contribution in [0.5, 0.6) is 0 Å². The average molecular weight is 442 g/mol. The number of hydrogen-bond acceptors (Lipinski definition) is 5. The van der Waals surface area contributed by atoms with Crippen molar-refractivity contribution in [3.8, 4) is 0 Å². The molecule has 0 heterocycles. The second-order valence-electron chi connectivity index (χ2n) is 7.06. The first-order valence-electron chi connectivity index (χ1n) is 9.80. The van der Waals surface area contributed by atoms with Crippen LogP contribution in [0.15, 0.2) is 95.9 Å². The maximum absolute atomic E-state index is 12.7. The van der Waals surface area contributed by atoms with Crippen LogP contribution in [-0.4, -0.2) is 22.4 Å². The van der Waals surface area contributed by atoms with Gasteiger partial charge in [-0.05, 0) is 41.1 Å². The second-order valence-corrected chi connectivity index (χ2v) is 8.11. The van der Waals surface area contributed by atoms with E-state index in [1.165, 1.54) is 30.0 Å². The Balaban J connectivity index is 1.41. The van der Waals surface area contributed by atoms with Gasteiger partial charge in [0.1, 0.15) is 0 Å². The van der Waals surface area contributed by atoms with Gasteiger partial charge in [0.05, 0.1) is 10.7 Å². The van der Waals surface area contributed by atoms with Gasteiger partial charge in [-0.2, -0.15) is 0 Å². The Morgan fingerprint density at radius 1 is 0.812 bits per heavy atom. The Kier molecular flexibility index (Phi) is 6.28. The first-order valence-corrected chi connectivity index (χ1v) is 10.8. The molecule has 0 saturated carbocycles. The standard InChI is InChI=1S/C25H18N2O4S/c28-24(19-7-3-9-22(14-19)27(30)31)16-32-23-10-4-8-21(15-23)26-25(29)20-12-11-17-5-1-2-6-18(17)13-20/h1-15H,16H2,(H,26,29). The third-order valence-corrected chi connectivity index (χ3v) is 5.85. The number of nitro benzene ring substituents is 1. The zero-order valence-electron chi connectivity index (χ0n) is 16.9. The third kappa shape index (κ3) is 5.01. The summed E-state index contributed by atoms with van der Waals surface area (Å²) in [4.78, 5) is 36.3. The highest BCUT2D eigenvalue weighted by Gasteiger charge is 2.12. The minimum absolute atomic E-state index is 0.112. The first kappa shape index (κ1) is 21.3. The van der Waals surface area contributed by atoms with Crippen LogP contribution < -0.4 is 5.32 Å². The summed E-state index contributed by atoms with van der Waals surface area (Å²) in [5, 5.41) is 15.8. The molecule has 0 aliphatic carbocycles. The van der Waals surface area contributed by atoms with E-state index in [0.717, 1.165) is 15.7 Å². The lowest BCUT2D eigenvalue weighted by Crippen LogP contribution is -2.11. The highest BCUT2D eigenvalue weighted by atomic mass is 32.2. The normalized spacial score (nSPS) is 10.6. The molecule has 0 fully saturated rings. The number of non-ortho nitro benzene ring substituents is 1. The summed E-state index contributed by atoms with van der Waals surface area (Å²) in [5.41, 5.74) is 1.37. The van der Waals surface area contributed by atoms with Crippen molar-refractivity contribution in [2.75, 3.05) is 11.1 Å². The molecule has 0 saturated heterocycles. The van der Waals surface area contributed by atoms with E-state index in [0.29, 0.717) is 16.8 Å². The first-order chi connectivity index (χ1) is 15.5. The molecule has 0 aliphatic heterocycles. The van der Waals surface area contributed by atoms with Gasteiger partial charge in [0, 0.05) is 33.8 Å². The molecule has 1 N–H and O–H groups in total. The number of nitrogens with one attached hydrogen (secondary N) is 1. The minimum Gasteiger partial charge on any atom is -0.322 e. The van der Waals surface area contributed by atoms with Crippen molar-refractivity contribution in [3.05, 3.63) is 112 Å². The predicted molar refractivity (Wildman–Crippen MR) is 126 cm³/mol. The molecule has 0 bridgehead atoms. The number of fused-ring (bicyclic) bond motifs is 1. The molecule has 0 radical (unpaired) electrons. The molecule has 0 aliphatic rings. The van der Waals surface area contributed by atoms with Gasteiger partial charge in [-0.25, -0.2) is 0 Å². The summed E-state index contributed by atoms with van der Waals surface area (Å²) in [6.45, 7) is 0. The van der Waals surface area contributed by atoms with Gasteiger partial charge in [0.2, 0.25) is 0 Å². The smallest absolute Gasteiger partial charge is 0.270 e. The summed E-state index contributed by atoms with van der Waals surface area (Å²) < 4.78 is 0. The minimum atomic E-state index is -0.522. The van der Waals surface area contributed by atoms with Gasteiger partial charge < -0.3 is 5.32 Å². The van der Waals surface area contributed by atoms with E-state index in [1.54, 1.807) is 30.3 Å². The van der Waals surface area contributed by atoms with E-state index in [9.17, 15) is 19.7 Å². The molecule has 1 amide bonds. The van der Waals surface area contributed by atoms with Crippen LogP contribution in [0, 0.1) is 10.1 Å². The van der Waals surface area contributed by atoms with E-state index < -0.39 is 4.92 Å². The van der Waals surface area contributed by atoms with E-state index in [-0.39, 0.29) is 23.1 Å². The molecule has 4 aromatic rings. The molecule has 0 unspecified atom stereocenters. The summed E-state index contributed by atoms with van der Waals surface area (Å²) in [6, 6.07) is 26.3. The van der Waals surface area contributed by atoms with Crippen LogP contribution in [0.25, 0.3) is 10.8 Å². The topological polar surface area (TPSA) is 89.3 Å². The maximum Gasteiger partial charge on any atom is 0.270 e. The van der Waals surface area contributed by atoms with Gasteiger partial charge in [-0.3, -0.25) is 19.7 Å². The lowest BCUT2D eigenvalue weighted by Gasteiger charge is -2.08. The quantitative estimate of drug-likeness (QED) is 0.165. The van der Waals surface area contributed by atoms with E-state index >= 15 is 0 Å². The molecule has 32 heavy (non-hydrogen) atoms. The van der Waals surface area contributed by atoms with Crippen molar-refractivity contribution in [3.63, 3.8) is 0 Å². The number of nitro groups is 1. The molecule has 0 aromatic heterocycles. The zero-order valence-corrected chi connectivity index (χ0v) is 17.7. The number of amides is 1. The highest BCUT2D eigenvalue weighted by molar-refractivity contribution is 8.00. The summed E-state index contributed by atoms with van der Waals surface area (Å²) in [5.74, 6) is -0.293. The van der Waals surface area contributed by atoms with Crippen LogP contribution in [0.3, 0.4) is 0 Å². The van der Waals surface area contributed by atoms with E-state index in [4.69, 9.17) is 0 Å². The van der Waals surface area contributed by atoms with Crippen LogP contribution in [-0.2, 0) is 0 Å². The molecule has 0 atom stereocenters. The van der Waals surface area contributed by atoms with Crippen LogP contribution >= 0.6 is 11.8 Å². The van der Waals surface area contributed by atoms with Crippen molar-refractivity contribution < 1.29 is 14.5 Å². The Bertz CT molecular complexity index is 1340. The second kappa shape index (κ2) is 9.45. The fourth-order valence-electron chi connectivity index (χ4n) is 3.22. The summed E-state index contributed by atoms with van der Waals surface area (Å²) in [6.07, 6.45) is 0. The van der Waals surface area contributed by atoms with Gasteiger partial charge in [0.15, 0.2) is 5.78 Å². The number of ketones is 1. The van der Waals surface area contributed by atoms with Crippen molar-refractivity contribution in [2.45, 2.75) is 4.90 Å². The van der Waals surface area contributed by atoms with Crippen LogP contribution in [0.1, 0.15) is 20.7 Å². The maximum atomic E-state index is 12.7. The lowest BCUT2D eigenvalue weighted by atomic mass is 10.1. The van der Waals surface area contributed by atoms with Gasteiger partial charge >= 0.3 is 0 Å². The molecule has 4 rings (SSSR count). The number of hydrogen-bond donors (Lipinski definition) is 1. The fraction of sp³-hybridized carbons (Fsp3) is 0.0400. The number of anilines is 1. The summed E-state index contributed by atoms with van der Waals surface area (Å²) >= 11 is 1.31. The van der Waals surface area contributed by atoms with Crippen molar-refractivity contribution >= 4 is 45.6 Å². The number of thioether (sulfide) groups is 1. The van der Waals surface area contributed by atoms with Gasteiger partial charge in [-0.1, -0.05) is 48.5 Å². The number of benzene rings is 4. The lowest BCUT2D eigenvalue weighted by molar-refractivity contribution is -0.384. The fourth-order valence-corrected chi connectivity index (χ4v) is 4.07. The number of nitrogens with zero attached hydrogens (tertiary/aromatic N) is 1. The number of Topliss-reactive ketones (excluding diaryl/α,β-unsaturated/α-hetero) is 1. The zero-order chi connectivity index (χ0) is 22.5. The molecule has 158 valence electrons. The molecule has 0 spiro atoms. The predicted octanol–water partition coefficient (Wildman–Crippen LogP) is 5.98. The van der Waals surface area contributed by atoms with Crippen molar-refractivity contribution in [1.29, 1.82) is 0 Å². The molecular weight excluding hydrogens is 424 g/mol. The Morgan fingerprint density at radius 2 is 1.59 bits per heavy atom. The largest absolute Gasteiger partial charge is 0.322 e. The number of carbonyl (C=O) groups excluding carboxylic acids is 2. The Morgan fingerprint density at radius 3 is 2.41 bits per heavy atom. The molecular formula is C25H18N2O4S. The van der Waals surface area contributed by atoms with Gasteiger partial charge in [-0.15, -0.1) is 11.8 Å². The average Bonchev–Trinajstić information content (AvgIpc) is 2.82. The Hall–Kier alpha value is -3.97. The monoisotopic (exact) mass is 442 g/mol. The molecule has 7 heteroatoms. The summed E-state index contributed by atoms with van der Waals surface area (Å²) in [7, 11) is 0.